The summed E-state index contributed by atoms with van der Waals surface area (Å²) >= 11 is 2.41. The van der Waals surface area contributed by atoms with E-state index in [0.29, 0.717) is 10.3 Å². The van der Waals surface area contributed by atoms with Crippen molar-refractivity contribution in [1.82, 2.24) is 0 Å². The Morgan fingerprint density at radius 2 is 2.18 bits per heavy atom. The van der Waals surface area contributed by atoms with Crippen molar-refractivity contribution in [3.05, 3.63) is 0 Å². The lowest BCUT2D eigenvalue weighted by molar-refractivity contribution is -0.149. The highest BCUT2D eigenvalue weighted by Gasteiger charge is 2.17. The molecule has 0 aromatic heterocycles. The first-order valence-electron chi connectivity index (χ1n) is 4.02. The van der Waals surface area contributed by atoms with Crippen LogP contribution in [0.2, 0.25) is 0 Å². The molecule has 1 rings (SSSR count). The Morgan fingerprint density at radius 1 is 1.45 bits per heavy atom. The molecule has 1 saturated heterocycles. The quantitative estimate of drug-likeness (QED) is 0.383. The van der Waals surface area contributed by atoms with Crippen molar-refractivity contribution in [2.24, 2.45) is 0 Å². The summed E-state index contributed by atoms with van der Waals surface area (Å²) in [5, 5.41) is 0. The Bertz CT molecular complexity index is 147. The number of alkyl halides is 1. The van der Waals surface area contributed by atoms with E-state index in [1.165, 1.54) is 6.42 Å². The molecular weight excluding hydrogens is 255 g/mol. The van der Waals surface area contributed by atoms with Crippen molar-refractivity contribution in [1.29, 1.82) is 0 Å². The van der Waals surface area contributed by atoms with Crippen LogP contribution in [0, 0.1) is 0 Å². The molecule has 0 bridgehead atoms. The second-order valence-electron chi connectivity index (χ2n) is 3.01. The number of hydrogen-bond donors (Lipinski definition) is 0. The van der Waals surface area contributed by atoms with Gasteiger partial charge in [0.05, 0.1) is 6.10 Å². The molecule has 0 spiro atoms. The zero-order chi connectivity index (χ0) is 8.27. The van der Waals surface area contributed by atoms with Gasteiger partial charge in [0.2, 0.25) is 0 Å². The highest BCUT2D eigenvalue weighted by Crippen LogP contribution is 2.20. The molecule has 3 heteroatoms. The van der Waals surface area contributed by atoms with Crippen LogP contribution in [-0.2, 0) is 9.53 Å². The first kappa shape index (κ1) is 9.29. The SMILES string of the molecule is C[C@@H]1CC[C@H](I)CCC(=O)O1. The van der Waals surface area contributed by atoms with Gasteiger partial charge < -0.3 is 4.74 Å². The molecule has 0 aliphatic carbocycles. The van der Waals surface area contributed by atoms with E-state index < -0.39 is 0 Å². The Kier molecular flexibility index (Phi) is 3.62. The monoisotopic (exact) mass is 268 g/mol. The van der Waals surface area contributed by atoms with Crippen LogP contribution in [0.3, 0.4) is 0 Å². The molecule has 0 amide bonds. The summed E-state index contributed by atoms with van der Waals surface area (Å²) in [4.78, 5) is 11.0. The molecule has 11 heavy (non-hydrogen) atoms. The zero-order valence-corrected chi connectivity index (χ0v) is 8.84. The lowest BCUT2D eigenvalue weighted by Crippen LogP contribution is -2.20. The van der Waals surface area contributed by atoms with Gasteiger partial charge in [0, 0.05) is 10.3 Å². The van der Waals surface area contributed by atoms with Gasteiger partial charge in [-0.3, -0.25) is 4.79 Å². The second kappa shape index (κ2) is 4.28. The number of ether oxygens (including phenoxy) is 1. The van der Waals surface area contributed by atoms with Gasteiger partial charge in [-0.05, 0) is 26.2 Å². The molecule has 1 fully saturated rings. The summed E-state index contributed by atoms with van der Waals surface area (Å²) in [5.41, 5.74) is 0. The fourth-order valence-electron chi connectivity index (χ4n) is 1.18. The number of carbonyl (C=O) groups excluding carboxylic acids is 1. The number of carbonyl (C=O) groups is 1. The number of rotatable bonds is 0. The Balaban J connectivity index is 2.40. The summed E-state index contributed by atoms with van der Waals surface area (Å²) in [7, 11) is 0. The maximum atomic E-state index is 11.0. The summed E-state index contributed by atoms with van der Waals surface area (Å²) in [5.74, 6) is -0.0288. The molecule has 1 heterocycles. The van der Waals surface area contributed by atoms with Gasteiger partial charge >= 0.3 is 5.97 Å². The molecule has 0 aromatic carbocycles. The first-order valence-corrected chi connectivity index (χ1v) is 5.26. The van der Waals surface area contributed by atoms with Gasteiger partial charge in [-0.2, -0.15) is 0 Å². The van der Waals surface area contributed by atoms with Crippen molar-refractivity contribution < 1.29 is 9.53 Å². The van der Waals surface area contributed by atoms with E-state index in [2.05, 4.69) is 22.6 Å². The van der Waals surface area contributed by atoms with E-state index in [1.54, 1.807) is 0 Å². The average Bonchev–Trinajstić information content (AvgIpc) is 1.95. The molecule has 0 N–H and O–H groups in total. The molecule has 0 radical (unpaired) electrons. The van der Waals surface area contributed by atoms with Crippen LogP contribution in [-0.4, -0.2) is 16.0 Å². The summed E-state index contributed by atoms with van der Waals surface area (Å²) in [6.07, 6.45) is 3.89. The van der Waals surface area contributed by atoms with E-state index in [-0.39, 0.29) is 12.1 Å². The maximum absolute atomic E-state index is 11.0. The summed E-state index contributed by atoms with van der Waals surface area (Å²) in [6.45, 7) is 1.96. The van der Waals surface area contributed by atoms with Gasteiger partial charge in [-0.15, -0.1) is 0 Å². The molecule has 0 aromatic rings. The molecule has 1 aliphatic rings. The highest BCUT2D eigenvalue weighted by molar-refractivity contribution is 14.1. The zero-order valence-electron chi connectivity index (χ0n) is 6.68. The Labute approximate surface area is 80.8 Å². The molecular formula is C8H13IO2. The molecule has 64 valence electrons. The van der Waals surface area contributed by atoms with Crippen LogP contribution in [0.25, 0.3) is 0 Å². The van der Waals surface area contributed by atoms with Gasteiger partial charge in [0.1, 0.15) is 0 Å². The molecule has 1 aliphatic heterocycles. The van der Waals surface area contributed by atoms with E-state index in [1.807, 2.05) is 6.92 Å². The van der Waals surface area contributed by atoms with E-state index >= 15 is 0 Å². The number of halogens is 1. The van der Waals surface area contributed by atoms with Crippen molar-refractivity contribution in [3.8, 4) is 0 Å². The van der Waals surface area contributed by atoms with Gasteiger partial charge in [-0.1, -0.05) is 22.6 Å². The third-order valence-corrected chi connectivity index (χ3v) is 3.13. The van der Waals surface area contributed by atoms with Crippen LogP contribution in [0.15, 0.2) is 0 Å². The predicted molar refractivity (Wildman–Crippen MR) is 51.8 cm³/mol. The third-order valence-electron chi connectivity index (χ3n) is 1.88. The van der Waals surface area contributed by atoms with Gasteiger partial charge in [0.15, 0.2) is 0 Å². The Hall–Kier alpha value is 0.200. The van der Waals surface area contributed by atoms with Crippen LogP contribution in [0.4, 0.5) is 0 Å². The lowest BCUT2D eigenvalue weighted by atomic mass is 10.1. The van der Waals surface area contributed by atoms with Crippen LogP contribution in [0.1, 0.15) is 32.6 Å². The standard InChI is InChI=1S/C8H13IO2/c1-6-2-3-7(9)4-5-8(10)11-6/h6-7H,2-5H2,1H3/t6-,7+/m1/s1. The van der Waals surface area contributed by atoms with E-state index in [4.69, 9.17) is 4.74 Å². The minimum atomic E-state index is -0.0288. The largest absolute Gasteiger partial charge is 0.463 e. The van der Waals surface area contributed by atoms with Crippen LogP contribution >= 0.6 is 22.6 Å². The van der Waals surface area contributed by atoms with Crippen molar-refractivity contribution in [3.63, 3.8) is 0 Å². The van der Waals surface area contributed by atoms with Gasteiger partial charge in [-0.25, -0.2) is 0 Å². The minimum absolute atomic E-state index is 0.0288. The third kappa shape index (κ3) is 3.40. The normalized spacial score (nSPS) is 33.8. The van der Waals surface area contributed by atoms with Crippen molar-refractivity contribution in [2.75, 3.05) is 0 Å². The molecule has 2 nitrogen and oxygen atoms in total. The Morgan fingerprint density at radius 3 is 2.91 bits per heavy atom. The fraction of sp³-hybridized carbons (Fsp3) is 0.875. The van der Waals surface area contributed by atoms with Gasteiger partial charge in [0.25, 0.3) is 0 Å². The average molecular weight is 268 g/mol. The van der Waals surface area contributed by atoms with E-state index in [9.17, 15) is 4.79 Å². The summed E-state index contributed by atoms with van der Waals surface area (Å²) in [6, 6.07) is 0. The smallest absolute Gasteiger partial charge is 0.306 e. The number of esters is 1. The second-order valence-corrected chi connectivity index (χ2v) is 4.78. The summed E-state index contributed by atoms with van der Waals surface area (Å²) < 4.78 is 5.75. The number of hydrogen-bond acceptors (Lipinski definition) is 2. The number of cyclic esters (lactones) is 1. The first-order chi connectivity index (χ1) is 5.18. The predicted octanol–water partition coefficient (Wildman–Crippen LogP) is 2.30. The molecule has 0 unspecified atom stereocenters. The van der Waals surface area contributed by atoms with Crippen molar-refractivity contribution >= 4 is 28.6 Å². The highest BCUT2D eigenvalue weighted by atomic mass is 127. The molecule has 0 saturated carbocycles. The molecule has 2 atom stereocenters. The maximum Gasteiger partial charge on any atom is 0.306 e. The van der Waals surface area contributed by atoms with E-state index in [0.717, 1.165) is 12.8 Å². The lowest BCUT2D eigenvalue weighted by Gasteiger charge is -2.19. The van der Waals surface area contributed by atoms with Crippen molar-refractivity contribution in [2.45, 2.75) is 42.6 Å². The minimum Gasteiger partial charge on any atom is -0.463 e. The topological polar surface area (TPSA) is 26.3 Å². The fourth-order valence-corrected chi connectivity index (χ4v) is 1.85. The van der Waals surface area contributed by atoms with Crippen LogP contribution in [0.5, 0.6) is 0 Å². The van der Waals surface area contributed by atoms with Crippen LogP contribution < -0.4 is 0 Å².